The van der Waals surface area contributed by atoms with Crippen molar-refractivity contribution in [3.8, 4) is 17.2 Å². The fourth-order valence-corrected chi connectivity index (χ4v) is 5.09. The molecule has 1 heterocycles. The molecule has 1 amide bonds. The zero-order chi connectivity index (χ0) is 35.2. The van der Waals surface area contributed by atoms with Gasteiger partial charge in [0.15, 0.2) is 23.9 Å². The van der Waals surface area contributed by atoms with Gasteiger partial charge in [-0.2, -0.15) is 13.5 Å². The van der Waals surface area contributed by atoms with E-state index in [1.807, 2.05) is 0 Å². The Morgan fingerprint density at radius 3 is 2.29 bits per heavy atom. The summed E-state index contributed by atoms with van der Waals surface area (Å²) in [4.78, 5) is 38.4. The molecule has 1 atom stereocenters. The van der Waals surface area contributed by atoms with Gasteiger partial charge in [-0.15, -0.1) is 0 Å². The standard InChI is InChI=1S/C33H34Cl2F2N2O9/c1-33(2,3)48-30(41)14-29(40)38-24-11-20(8-9-25(24)44-4)31(42)46-27(13-21-22(34)15-39(43)16-23(21)35)19-7-10-26(47-32(36)37)28(12-19)45-17-18-5-6-18/h7-12,15-16,18,27,32H,5-6,13-14,17H2,1-4H3,(H,38,40)/t27-/m0/s1. The summed E-state index contributed by atoms with van der Waals surface area (Å²) >= 11 is 12.7. The lowest BCUT2D eigenvalue weighted by molar-refractivity contribution is -0.605. The summed E-state index contributed by atoms with van der Waals surface area (Å²) in [6, 6.07) is 8.25. The van der Waals surface area contributed by atoms with E-state index in [2.05, 4.69) is 10.1 Å². The number of pyridine rings is 1. The molecule has 1 aliphatic rings. The van der Waals surface area contributed by atoms with Crippen molar-refractivity contribution in [2.45, 2.75) is 64.8 Å². The van der Waals surface area contributed by atoms with Crippen LogP contribution < -0.4 is 24.3 Å². The molecular formula is C33H34Cl2F2N2O9. The highest BCUT2D eigenvalue weighted by Crippen LogP contribution is 2.38. The van der Waals surface area contributed by atoms with Crippen LogP contribution in [0.5, 0.6) is 17.2 Å². The van der Waals surface area contributed by atoms with E-state index >= 15 is 0 Å². The second-order valence-corrected chi connectivity index (χ2v) is 12.8. The fourth-order valence-electron chi connectivity index (χ4n) is 4.49. The Morgan fingerprint density at radius 1 is 1.02 bits per heavy atom. The minimum atomic E-state index is -3.11. The molecule has 1 aromatic heterocycles. The summed E-state index contributed by atoms with van der Waals surface area (Å²) in [7, 11) is 1.36. The molecule has 258 valence electrons. The maximum atomic E-state index is 13.6. The fraction of sp³-hybridized carbons (Fsp3) is 0.394. The minimum absolute atomic E-state index is 0.000781. The van der Waals surface area contributed by atoms with E-state index in [0.29, 0.717) is 10.3 Å². The third-order valence-electron chi connectivity index (χ3n) is 6.86. The Kier molecular flexibility index (Phi) is 11.9. The first-order valence-corrected chi connectivity index (χ1v) is 15.6. The highest BCUT2D eigenvalue weighted by Gasteiger charge is 2.27. The predicted molar refractivity (Wildman–Crippen MR) is 171 cm³/mol. The molecule has 11 nitrogen and oxygen atoms in total. The van der Waals surface area contributed by atoms with Gasteiger partial charge in [0, 0.05) is 12.0 Å². The first-order chi connectivity index (χ1) is 22.6. The van der Waals surface area contributed by atoms with E-state index in [1.54, 1.807) is 20.8 Å². The van der Waals surface area contributed by atoms with E-state index < -0.39 is 42.6 Å². The number of hydrogen-bond donors (Lipinski definition) is 1. The number of amides is 1. The first kappa shape index (κ1) is 36.5. The number of hydrogen-bond acceptors (Lipinski definition) is 9. The number of alkyl halides is 2. The van der Waals surface area contributed by atoms with Gasteiger partial charge in [0.05, 0.1) is 25.0 Å². The third-order valence-corrected chi connectivity index (χ3v) is 7.51. The molecule has 2 aromatic carbocycles. The Balaban J connectivity index is 1.64. The van der Waals surface area contributed by atoms with Gasteiger partial charge in [-0.1, -0.05) is 29.3 Å². The minimum Gasteiger partial charge on any atom is -0.619 e. The summed E-state index contributed by atoms with van der Waals surface area (Å²) in [5.74, 6) is -2.02. The van der Waals surface area contributed by atoms with Crippen LogP contribution in [0.3, 0.4) is 0 Å². The highest BCUT2D eigenvalue weighted by atomic mass is 35.5. The number of esters is 2. The normalized spacial score (nSPS) is 13.4. The summed E-state index contributed by atoms with van der Waals surface area (Å²) in [6.45, 7) is 2.17. The van der Waals surface area contributed by atoms with Crippen LogP contribution in [0.1, 0.15) is 67.6 Å². The number of anilines is 1. The summed E-state index contributed by atoms with van der Waals surface area (Å²) in [5.41, 5.74) is -0.128. The monoisotopic (exact) mass is 710 g/mol. The molecule has 0 bridgehead atoms. The van der Waals surface area contributed by atoms with Crippen molar-refractivity contribution in [1.82, 2.24) is 0 Å². The lowest BCUT2D eigenvalue weighted by Gasteiger charge is -2.22. The van der Waals surface area contributed by atoms with Gasteiger partial charge in [0.25, 0.3) is 0 Å². The van der Waals surface area contributed by atoms with E-state index in [9.17, 15) is 28.4 Å². The average molecular weight is 712 g/mol. The number of ether oxygens (including phenoxy) is 5. The predicted octanol–water partition coefficient (Wildman–Crippen LogP) is 6.84. The number of rotatable bonds is 14. The van der Waals surface area contributed by atoms with E-state index in [1.165, 1.54) is 43.5 Å². The number of methoxy groups -OCH3 is 1. The average Bonchev–Trinajstić information content (AvgIpc) is 3.81. The lowest BCUT2D eigenvalue weighted by atomic mass is 10.0. The Morgan fingerprint density at radius 2 is 1.69 bits per heavy atom. The summed E-state index contributed by atoms with van der Waals surface area (Å²) < 4.78 is 53.6. The van der Waals surface area contributed by atoms with Gasteiger partial charge >= 0.3 is 18.6 Å². The summed E-state index contributed by atoms with van der Waals surface area (Å²) in [5, 5.41) is 14.4. The van der Waals surface area contributed by atoms with Gasteiger partial charge in [-0.3, -0.25) is 9.59 Å². The molecule has 1 fully saturated rings. The van der Waals surface area contributed by atoms with E-state index in [-0.39, 0.29) is 63.1 Å². The van der Waals surface area contributed by atoms with E-state index in [0.717, 1.165) is 25.2 Å². The van der Waals surface area contributed by atoms with Gasteiger partial charge in [-0.05, 0) is 75.4 Å². The van der Waals surface area contributed by atoms with Crippen LogP contribution in [0.4, 0.5) is 14.5 Å². The van der Waals surface area contributed by atoms with Crippen molar-refractivity contribution in [1.29, 1.82) is 0 Å². The van der Waals surface area contributed by atoms with Crippen LogP contribution in [0.2, 0.25) is 10.0 Å². The maximum absolute atomic E-state index is 13.6. The van der Waals surface area contributed by atoms with E-state index in [4.69, 9.17) is 42.1 Å². The second kappa shape index (κ2) is 15.7. The SMILES string of the molecule is COc1ccc(C(=O)O[C@@H](Cc2c(Cl)c[n+]([O-])cc2Cl)c2ccc(OC(F)F)c(OCC3CC3)c2)cc1NC(=O)CC(=O)OC(C)(C)C. The van der Waals surface area contributed by atoms with Gasteiger partial charge in [-0.25, -0.2) is 4.79 Å². The summed E-state index contributed by atoms with van der Waals surface area (Å²) in [6.07, 6.45) is 2.21. The number of nitrogens with one attached hydrogen (secondary N) is 1. The molecule has 15 heteroatoms. The van der Waals surface area contributed by atoms with Crippen molar-refractivity contribution in [3.05, 3.63) is 80.7 Å². The van der Waals surface area contributed by atoms with Crippen molar-refractivity contribution in [2.75, 3.05) is 19.0 Å². The number of halogens is 4. The van der Waals surface area contributed by atoms with Crippen LogP contribution >= 0.6 is 23.2 Å². The van der Waals surface area contributed by atoms with Crippen molar-refractivity contribution in [2.24, 2.45) is 5.92 Å². The lowest BCUT2D eigenvalue weighted by Crippen LogP contribution is -2.27. The van der Waals surface area contributed by atoms with Crippen LogP contribution in [0.25, 0.3) is 0 Å². The van der Waals surface area contributed by atoms with Gasteiger partial charge in [0.2, 0.25) is 5.91 Å². The van der Waals surface area contributed by atoms with Crippen LogP contribution in [-0.4, -0.2) is 43.8 Å². The smallest absolute Gasteiger partial charge is 0.387 e. The van der Waals surface area contributed by atoms with Crippen LogP contribution in [-0.2, 0) is 25.5 Å². The van der Waals surface area contributed by atoms with Crippen molar-refractivity contribution < 1.29 is 51.6 Å². The van der Waals surface area contributed by atoms with Crippen LogP contribution in [0.15, 0.2) is 48.8 Å². The molecule has 0 radical (unpaired) electrons. The molecule has 48 heavy (non-hydrogen) atoms. The molecule has 0 aliphatic heterocycles. The molecule has 0 spiro atoms. The number of benzene rings is 2. The first-order valence-electron chi connectivity index (χ1n) is 14.8. The molecular weight excluding hydrogens is 677 g/mol. The Labute approximate surface area is 285 Å². The topological polar surface area (TPSA) is 136 Å². The molecule has 1 saturated carbocycles. The van der Waals surface area contributed by atoms with Crippen molar-refractivity contribution >= 4 is 46.7 Å². The molecule has 1 aliphatic carbocycles. The highest BCUT2D eigenvalue weighted by molar-refractivity contribution is 6.35. The maximum Gasteiger partial charge on any atom is 0.387 e. The second-order valence-electron chi connectivity index (χ2n) is 12.0. The van der Waals surface area contributed by atoms with Crippen LogP contribution in [0, 0.1) is 11.1 Å². The number of carbonyl (C=O) groups is 3. The van der Waals surface area contributed by atoms with Crippen molar-refractivity contribution in [3.63, 3.8) is 0 Å². The number of carbonyl (C=O) groups excluding carboxylic acids is 3. The number of nitrogens with zero attached hydrogens (tertiary/aromatic N) is 1. The third kappa shape index (κ3) is 10.6. The van der Waals surface area contributed by atoms with Gasteiger partial charge < -0.3 is 34.2 Å². The molecule has 3 aromatic rings. The molecule has 1 N–H and O–H groups in total. The Bertz CT molecular complexity index is 1640. The van der Waals surface area contributed by atoms with Gasteiger partial charge in [0.1, 0.15) is 33.9 Å². The zero-order valence-electron chi connectivity index (χ0n) is 26.5. The Hall–Kier alpha value is -4.36. The largest absolute Gasteiger partial charge is 0.619 e. The molecule has 4 rings (SSSR count). The quantitative estimate of drug-likeness (QED) is 0.0826. The molecule has 0 unspecified atom stereocenters. The number of aromatic nitrogens is 1. The molecule has 0 saturated heterocycles. The zero-order valence-corrected chi connectivity index (χ0v) is 28.0.